The van der Waals surface area contributed by atoms with Crippen LogP contribution in [0.3, 0.4) is 0 Å². The number of benzene rings is 1. The van der Waals surface area contributed by atoms with Gasteiger partial charge in [-0.3, -0.25) is 4.98 Å². The standard InChI is InChI=1S/C13H15N/c1-3-5-11-6-4-7-12-9-8-10(2)14-13(11)12/h4,6-9H,3,5H2,1-2H3. The van der Waals surface area contributed by atoms with Crippen LogP contribution in [0.4, 0.5) is 0 Å². The van der Waals surface area contributed by atoms with Gasteiger partial charge in [-0.25, -0.2) is 0 Å². The van der Waals surface area contributed by atoms with Crippen LogP contribution in [0.5, 0.6) is 0 Å². The molecule has 0 spiro atoms. The lowest BCUT2D eigenvalue weighted by atomic mass is 10.1. The van der Waals surface area contributed by atoms with Crippen molar-refractivity contribution >= 4 is 10.9 Å². The molecule has 2 rings (SSSR count). The lowest BCUT2D eigenvalue weighted by Crippen LogP contribution is -1.90. The van der Waals surface area contributed by atoms with E-state index in [1.807, 2.05) is 6.92 Å². The van der Waals surface area contributed by atoms with E-state index >= 15 is 0 Å². The highest BCUT2D eigenvalue weighted by atomic mass is 14.7. The van der Waals surface area contributed by atoms with Crippen molar-refractivity contribution in [3.8, 4) is 0 Å². The van der Waals surface area contributed by atoms with E-state index < -0.39 is 0 Å². The number of para-hydroxylation sites is 1. The summed E-state index contributed by atoms with van der Waals surface area (Å²) in [7, 11) is 0. The maximum absolute atomic E-state index is 4.59. The summed E-state index contributed by atoms with van der Waals surface area (Å²) in [5.74, 6) is 0. The van der Waals surface area contributed by atoms with Gasteiger partial charge < -0.3 is 0 Å². The third kappa shape index (κ3) is 1.63. The van der Waals surface area contributed by atoms with Crippen LogP contribution in [-0.2, 0) is 6.42 Å². The van der Waals surface area contributed by atoms with Gasteiger partial charge in [0.25, 0.3) is 0 Å². The summed E-state index contributed by atoms with van der Waals surface area (Å²) in [5, 5.41) is 1.25. The largest absolute Gasteiger partial charge is 0.253 e. The SMILES string of the molecule is CCCc1cccc2ccc(C)nc12. The predicted molar refractivity (Wildman–Crippen MR) is 60.5 cm³/mol. The molecule has 0 amide bonds. The summed E-state index contributed by atoms with van der Waals surface area (Å²) in [5.41, 5.74) is 3.64. The van der Waals surface area contributed by atoms with Gasteiger partial charge >= 0.3 is 0 Å². The van der Waals surface area contributed by atoms with Crippen LogP contribution >= 0.6 is 0 Å². The van der Waals surface area contributed by atoms with Gasteiger partial charge in [0, 0.05) is 11.1 Å². The first-order valence-electron chi connectivity index (χ1n) is 5.16. The fourth-order valence-corrected chi connectivity index (χ4v) is 1.78. The molecule has 0 aliphatic heterocycles. The summed E-state index contributed by atoms with van der Waals surface area (Å²) in [6, 6.07) is 10.6. The minimum atomic E-state index is 1.10. The summed E-state index contributed by atoms with van der Waals surface area (Å²) in [6.45, 7) is 4.25. The maximum atomic E-state index is 4.59. The first-order valence-corrected chi connectivity index (χ1v) is 5.16. The Hall–Kier alpha value is -1.37. The van der Waals surface area contributed by atoms with Crippen molar-refractivity contribution in [2.24, 2.45) is 0 Å². The molecule has 1 nitrogen and oxygen atoms in total. The topological polar surface area (TPSA) is 12.9 Å². The van der Waals surface area contributed by atoms with Crippen LogP contribution in [0.1, 0.15) is 24.6 Å². The normalized spacial score (nSPS) is 10.7. The van der Waals surface area contributed by atoms with Crippen molar-refractivity contribution in [3.05, 3.63) is 41.6 Å². The first kappa shape index (κ1) is 9.20. The third-order valence-electron chi connectivity index (χ3n) is 2.46. The average Bonchev–Trinajstić information content (AvgIpc) is 2.19. The summed E-state index contributed by atoms with van der Waals surface area (Å²) in [6.07, 6.45) is 2.29. The monoisotopic (exact) mass is 185 g/mol. The number of rotatable bonds is 2. The van der Waals surface area contributed by atoms with Crippen LogP contribution in [0.15, 0.2) is 30.3 Å². The summed E-state index contributed by atoms with van der Waals surface area (Å²) >= 11 is 0. The van der Waals surface area contributed by atoms with Crippen molar-refractivity contribution in [2.75, 3.05) is 0 Å². The van der Waals surface area contributed by atoms with Crippen molar-refractivity contribution in [1.29, 1.82) is 0 Å². The van der Waals surface area contributed by atoms with Crippen LogP contribution < -0.4 is 0 Å². The van der Waals surface area contributed by atoms with E-state index in [4.69, 9.17) is 0 Å². The molecule has 14 heavy (non-hydrogen) atoms. The molecule has 2 aromatic rings. The second-order valence-corrected chi connectivity index (χ2v) is 3.69. The van der Waals surface area contributed by atoms with E-state index in [1.54, 1.807) is 0 Å². The molecular formula is C13H15N. The highest BCUT2D eigenvalue weighted by Gasteiger charge is 2.00. The minimum Gasteiger partial charge on any atom is -0.253 e. The van der Waals surface area contributed by atoms with Crippen LogP contribution in [0.25, 0.3) is 10.9 Å². The molecule has 0 radical (unpaired) electrons. The van der Waals surface area contributed by atoms with Gasteiger partial charge in [-0.05, 0) is 25.0 Å². The Bertz CT molecular complexity index is 446. The minimum absolute atomic E-state index is 1.10. The number of nitrogens with zero attached hydrogens (tertiary/aromatic N) is 1. The Kier molecular flexibility index (Phi) is 2.49. The van der Waals surface area contributed by atoms with Gasteiger partial charge in [-0.15, -0.1) is 0 Å². The van der Waals surface area contributed by atoms with Crippen molar-refractivity contribution in [2.45, 2.75) is 26.7 Å². The zero-order valence-electron chi connectivity index (χ0n) is 8.75. The van der Waals surface area contributed by atoms with Crippen molar-refractivity contribution < 1.29 is 0 Å². The first-order chi connectivity index (χ1) is 6.81. The molecule has 72 valence electrons. The molecule has 0 unspecified atom stereocenters. The highest BCUT2D eigenvalue weighted by molar-refractivity contribution is 5.81. The molecule has 1 aromatic heterocycles. The van der Waals surface area contributed by atoms with Crippen molar-refractivity contribution in [1.82, 2.24) is 4.98 Å². The molecule has 0 aliphatic rings. The molecular weight excluding hydrogens is 170 g/mol. The number of hydrogen-bond donors (Lipinski definition) is 0. The molecule has 1 heteroatoms. The van der Waals surface area contributed by atoms with E-state index in [0.29, 0.717) is 0 Å². The van der Waals surface area contributed by atoms with Gasteiger partial charge in [0.1, 0.15) is 0 Å². The summed E-state index contributed by atoms with van der Waals surface area (Å²) in [4.78, 5) is 4.59. The Morgan fingerprint density at radius 2 is 2.00 bits per heavy atom. The molecule has 0 bridgehead atoms. The fourth-order valence-electron chi connectivity index (χ4n) is 1.78. The average molecular weight is 185 g/mol. The van der Waals surface area contributed by atoms with E-state index in [9.17, 15) is 0 Å². The molecule has 0 saturated heterocycles. The molecule has 1 heterocycles. The quantitative estimate of drug-likeness (QED) is 0.697. The molecule has 0 atom stereocenters. The van der Waals surface area contributed by atoms with Crippen LogP contribution in [0.2, 0.25) is 0 Å². The van der Waals surface area contributed by atoms with Gasteiger partial charge in [-0.2, -0.15) is 0 Å². The molecule has 0 fully saturated rings. The molecule has 0 saturated carbocycles. The lowest BCUT2D eigenvalue weighted by molar-refractivity contribution is 0.925. The van der Waals surface area contributed by atoms with E-state index in [1.165, 1.54) is 22.9 Å². The van der Waals surface area contributed by atoms with Crippen molar-refractivity contribution in [3.63, 3.8) is 0 Å². The number of aromatic nitrogens is 1. The second kappa shape index (κ2) is 3.79. The number of aryl methyl sites for hydroxylation is 2. The zero-order valence-corrected chi connectivity index (χ0v) is 8.75. The summed E-state index contributed by atoms with van der Waals surface area (Å²) < 4.78 is 0. The second-order valence-electron chi connectivity index (χ2n) is 3.69. The number of fused-ring (bicyclic) bond motifs is 1. The van der Waals surface area contributed by atoms with Crippen LogP contribution in [-0.4, -0.2) is 4.98 Å². The molecule has 1 aromatic carbocycles. The Balaban J connectivity index is 2.64. The Morgan fingerprint density at radius 3 is 2.79 bits per heavy atom. The van der Waals surface area contributed by atoms with E-state index in [0.717, 1.165) is 12.1 Å². The van der Waals surface area contributed by atoms with Crippen LogP contribution in [0, 0.1) is 6.92 Å². The highest BCUT2D eigenvalue weighted by Crippen LogP contribution is 2.18. The fraction of sp³-hybridized carbons (Fsp3) is 0.308. The molecule has 0 N–H and O–H groups in total. The Labute approximate surface area is 84.8 Å². The van der Waals surface area contributed by atoms with E-state index in [2.05, 4.69) is 42.2 Å². The Morgan fingerprint density at radius 1 is 1.14 bits per heavy atom. The number of hydrogen-bond acceptors (Lipinski definition) is 1. The van der Waals surface area contributed by atoms with Gasteiger partial charge in [0.15, 0.2) is 0 Å². The number of pyridine rings is 1. The molecule has 0 aliphatic carbocycles. The predicted octanol–water partition coefficient (Wildman–Crippen LogP) is 3.50. The third-order valence-corrected chi connectivity index (χ3v) is 2.46. The smallest absolute Gasteiger partial charge is 0.0737 e. The van der Waals surface area contributed by atoms with Gasteiger partial charge in [-0.1, -0.05) is 37.6 Å². The van der Waals surface area contributed by atoms with Gasteiger partial charge in [0.2, 0.25) is 0 Å². The maximum Gasteiger partial charge on any atom is 0.0737 e. The van der Waals surface area contributed by atoms with Gasteiger partial charge in [0.05, 0.1) is 5.52 Å². The zero-order chi connectivity index (χ0) is 9.97. The lowest BCUT2D eigenvalue weighted by Gasteiger charge is -2.04. The van der Waals surface area contributed by atoms with E-state index in [-0.39, 0.29) is 0 Å².